The number of halogens is 2. The van der Waals surface area contributed by atoms with Gasteiger partial charge in [0.15, 0.2) is 0 Å². The summed E-state index contributed by atoms with van der Waals surface area (Å²) in [6, 6.07) is 4.19. The maximum absolute atomic E-state index is 12.4. The highest BCUT2D eigenvalue weighted by molar-refractivity contribution is 7.91. The summed E-state index contributed by atoms with van der Waals surface area (Å²) in [4.78, 5) is 23.5. The zero-order chi connectivity index (χ0) is 17.8. The van der Waals surface area contributed by atoms with Gasteiger partial charge in [-0.2, -0.15) is 8.78 Å². The van der Waals surface area contributed by atoms with Gasteiger partial charge >= 0.3 is 11.7 Å². The van der Waals surface area contributed by atoms with E-state index in [0.717, 1.165) is 17.0 Å². The number of nitrogens with zero attached hydrogens (tertiary/aromatic N) is 1. The number of hydrogen-bond acceptors (Lipinski definition) is 4. The van der Waals surface area contributed by atoms with Crippen LogP contribution in [0, 0.1) is 0 Å². The van der Waals surface area contributed by atoms with Crippen molar-refractivity contribution in [3.63, 3.8) is 0 Å². The van der Waals surface area contributed by atoms with Crippen LogP contribution in [0.2, 0.25) is 0 Å². The maximum Gasteiger partial charge on any atom is 0.341 e. The number of sulfone groups is 1. The lowest BCUT2D eigenvalue weighted by atomic mass is 10.1. The van der Waals surface area contributed by atoms with Crippen molar-refractivity contribution in [1.82, 2.24) is 4.90 Å². The summed E-state index contributed by atoms with van der Waals surface area (Å²) >= 11 is 0. The van der Waals surface area contributed by atoms with E-state index < -0.39 is 38.9 Å². The first-order valence-corrected chi connectivity index (χ1v) is 8.22. The number of rotatable bonds is 7. The van der Waals surface area contributed by atoms with Crippen molar-refractivity contribution >= 4 is 21.7 Å². The number of carbonyl (C=O) groups is 2. The molecule has 1 rings (SSSR count). The van der Waals surface area contributed by atoms with Crippen molar-refractivity contribution < 1.29 is 31.9 Å². The average Bonchev–Trinajstić information content (AvgIpc) is 2.44. The van der Waals surface area contributed by atoms with Crippen LogP contribution in [-0.4, -0.2) is 48.6 Å². The number of carboxylic acids is 1. The zero-order valence-corrected chi connectivity index (χ0v) is 13.4. The number of aliphatic carboxylic acids is 1. The Labute approximate surface area is 132 Å². The highest BCUT2D eigenvalue weighted by Gasteiger charge is 2.26. The Morgan fingerprint density at radius 2 is 1.70 bits per heavy atom. The van der Waals surface area contributed by atoms with E-state index in [1.165, 1.54) is 12.1 Å². The van der Waals surface area contributed by atoms with Crippen LogP contribution in [-0.2, 0) is 25.8 Å². The summed E-state index contributed by atoms with van der Waals surface area (Å²) in [6.07, 6.45) is -0.152. The predicted molar refractivity (Wildman–Crippen MR) is 77.8 cm³/mol. The molecule has 0 bridgehead atoms. The Kier molecular flexibility index (Phi) is 6.20. The minimum atomic E-state index is -4.67. The van der Waals surface area contributed by atoms with Gasteiger partial charge in [0, 0.05) is 6.04 Å². The summed E-state index contributed by atoms with van der Waals surface area (Å²) in [5.74, 6) is -5.11. The Morgan fingerprint density at radius 3 is 2.09 bits per heavy atom. The number of alkyl halides is 2. The first-order chi connectivity index (χ1) is 10.6. The molecule has 0 atom stereocenters. The second kappa shape index (κ2) is 7.49. The van der Waals surface area contributed by atoms with Crippen molar-refractivity contribution in [1.29, 1.82) is 0 Å². The van der Waals surface area contributed by atoms with E-state index in [4.69, 9.17) is 5.11 Å². The molecule has 0 saturated heterocycles. The minimum absolute atomic E-state index is 0.152. The second-order valence-electron chi connectivity index (χ2n) is 5.14. The molecule has 0 spiro atoms. The van der Waals surface area contributed by atoms with Gasteiger partial charge in [-0.15, -0.1) is 0 Å². The third-order valence-corrected chi connectivity index (χ3v) is 4.49. The molecule has 6 nitrogen and oxygen atoms in total. The lowest BCUT2D eigenvalue weighted by Crippen LogP contribution is -2.41. The molecule has 9 heteroatoms. The third kappa shape index (κ3) is 4.98. The molecule has 0 radical (unpaired) electrons. The number of carboxylic acid groups (broad SMARTS) is 1. The van der Waals surface area contributed by atoms with Gasteiger partial charge in [0.05, 0.1) is 11.3 Å². The second-order valence-corrected chi connectivity index (χ2v) is 7.05. The van der Waals surface area contributed by atoms with E-state index in [9.17, 15) is 26.8 Å². The molecule has 0 heterocycles. The van der Waals surface area contributed by atoms with Gasteiger partial charge in [-0.05, 0) is 31.5 Å². The van der Waals surface area contributed by atoms with Crippen molar-refractivity contribution in [3.05, 3.63) is 29.8 Å². The molecule has 23 heavy (non-hydrogen) atoms. The van der Waals surface area contributed by atoms with Gasteiger partial charge < -0.3 is 10.0 Å². The van der Waals surface area contributed by atoms with E-state index >= 15 is 0 Å². The fourth-order valence-electron chi connectivity index (χ4n) is 1.88. The van der Waals surface area contributed by atoms with E-state index in [1.54, 1.807) is 13.8 Å². The Bertz CT molecular complexity index is 671. The summed E-state index contributed by atoms with van der Waals surface area (Å²) in [7, 11) is -4.67. The number of benzene rings is 1. The molecule has 0 aliphatic rings. The standard InChI is InChI=1S/C14H17F2NO5S/c1-9(2)17(8-13(19)20)12(18)7-10-3-5-11(6-4-10)23(21,22)14(15)16/h3-6,9,14H,7-8H2,1-2H3,(H,19,20). The van der Waals surface area contributed by atoms with Crippen LogP contribution >= 0.6 is 0 Å². The Morgan fingerprint density at radius 1 is 1.17 bits per heavy atom. The molecule has 0 aliphatic carbocycles. The van der Waals surface area contributed by atoms with Crippen LogP contribution in [0.15, 0.2) is 29.2 Å². The lowest BCUT2D eigenvalue weighted by molar-refractivity contribution is -0.145. The van der Waals surface area contributed by atoms with Crippen LogP contribution < -0.4 is 0 Å². The Balaban J connectivity index is 2.89. The summed E-state index contributed by atoms with van der Waals surface area (Å²) < 4.78 is 47.4. The topological polar surface area (TPSA) is 91.8 Å². The van der Waals surface area contributed by atoms with Crippen molar-refractivity contribution in [2.24, 2.45) is 0 Å². The maximum atomic E-state index is 12.4. The smallest absolute Gasteiger partial charge is 0.341 e. The minimum Gasteiger partial charge on any atom is -0.480 e. The average molecular weight is 349 g/mol. The fraction of sp³-hybridized carbons (Fsp3) is 0.429. The quantitative estimate of drug-likeness (QED) is 0.806. The van der Waals surface area contributed by atoms with Crippen molar-refractivity contribution in [2.45, 2.75) is 37.0 Å². The van der Waals surface area contributed by atoms with Gasteiger partial charge in [-0.25, -0.2) is 8.42 Å². The monoisotopic (exact) mass is 349 g/mol. The van der Waals surface area contributed by atoms with E-state index in [1.807, 2.05) is 0 Å². The largest absolute Gasteiger partial charge is 0.480 e. The molecule has 128 valence electrons. The summed E-state index contributed by atoms with van der Waals surface area (Å²) in [5.41, 5.74) is 0.402. The van der Waals surface area contributed by atoms with Crippen LogP contribution in [0.4, 0.5) is 8.78 Å². The van der Waals surface area contributed by atoms with Crippen LogP contribution in [0.25, 0.3) is 0 Å². The predicted octanol–water partition coefficient (Wildman–Crippen LogP) is 1.55. The number of carbonyl (C=O) groups excluding carboxylic acids is 1. The third-order valence-electron chi connectivity index (χ3n) is 3.09. The summed E-state index contributed by atoms with van der Waals surface area (Å²) in [6.45, 7) is 2.88. The van der Waals surface area contributed by atoms with Crippen LogP contribution in [0.1, 0.15) is 19.4 Å². The molecule has 0 aromatic heterocycles. The first kappa shape index (κ1) is 19.0. The molecular weight excluding hydrogens is 332 g/mol. The zero-order valence-electron chi connectivity index (χ0n) is 12.6. The molecule has 1 aromatic rings. The molecule has 0 saturated carbocycles. The SMILES string of the molecule is CC(C)N(CC(=O)O)C(=O)Cc1ccc(S(=O)(=O)C(F)F)cc1. The van der Waals surface area contributed by atoms with Crippen LogP contribution in [0.5, 0.6) is 0 Å². The molecule has 1 aromatic carbocycles. The summed E-state index contributed by atoms with van der Waals surface area (Å²) in [5, 5.41) is 8.79. The molecular formula is C14H17F2NO5S. The molecule has 0 unspecified atom stereocenters. The van der Waals surface area contributed by atoms with Gasteiger partial charge in [0.2, 0.25) is 15.7 Å². The van der Waals surface area contributed by atoms with E-state index in [0.29, 0.717) is 5.56 Å². The Hall–Kier alpha value is -2.03. The van der Waals surface area contributed by atoms with Gasteiger partial charge in [0.1, 0.15) is 6.54 Å². The molecule has 1 amide bonds. The van der Waals surface area contributed by atoms with Crippen molar-refractivity contribution in [3.8, 4) is 0 Å². The van der Waals surface area contributed by atoms with Crippen molar-refractivity contribution in [2.75, 3.05) is 6.54 Å². The van der Waals surface area contributed by atoms with E-state index in [-0.39, 0.29) is 12.5 Å². The van der Waals surface area contributed by atoms with Gasteiger partial charge in [0.25, 0.3) is 0 Å². The highest BCUT2D eigenvalue weighted by Crippen LogP contribution is 2.19. The fourth-order valence-corrected chi connectivity index (χ4v) is 2.60. The van der Waals surface area contributed by atoms with Gasteiger partial charge in [-0.3, -0.25) is 9.59 Å². The van der Waals surface area contributed by atoms with E-state index in [2.05, 4.69) is 0 Å². The normalized spacial score (nSPS) is 11.7. The van der Waals surface area contributed by atoms with Crippen LogP contribution in [0.3, 0.4) is 0 Å². The molecule has 1 N–H and O–H groups in total. The van der Waals surface area contributed by atoms with Gasteiger partial charge in [-0.1, -0.05) is 12.1 Å². The molecule has 0 fully saturated rings. The highest BCUT2D eigenvalue weighted by atomic mass is 32.2. The number of amides is 1. The first-order valence-electron chi connectivity index (χ1n) is 6.68. The number of hydrogen-bond donors (Lipinski definition) is 1. The lowest BCUT2D eigenvalue weighted by Gasteiger charge is -2.25. The molecule has 0 aliphatic heterocycles.